The van der Waals surface area contributed by atoms with Gasteiger partial charge in [0.25, 0.3) is 0 Å². The van der Waals surface area contributed by atoms with Crippen LogP contribution in [0, 0.1) is 6.92 Å². The molecule has 2 nitrogen and oxygen atoms in total. The van der Waals surface area contributed by atoms with Gasteiger partial charge in [-0.3, -0.25) is 0 Å². The monoisotopic (exact) mass is 237 g/mol. The van der Waals surface area contributed by atoms with Gasteiger partial charge in [-0.1, -0.05) is 6.07 Å². The Labute approximate surface area is 102 Å². The van der Waals surface area contributed by atoms with E-state index in [0.29, 0.717) is 12.8 Å². The summed E-state index contributed by atoms with van der Waals surface area (Å²) in [5, 5.41) is 0. The molecule has 0 radical (unpaired) electrons. The fourth-order valence-corrected chi connectivity index (χ4v) is 2.63. The Balaban J connectivity index is 2.27. The molecule has 0 bridgehead atoms. The third-order valence-electron chi connectivity index (χ3n) is 3.74. The summed E-state index contributed by atoms with van der Waals surface area (Å²) < 4.78 is 20.0. The van der Waals surface area contributed by atoms with Crippen LogP contribution in [-0.4, -0.2) is 13.2 Å². The number of rotatable bonds is 2. The van der Waals surface area contributed by atoms with Crippen molar-refractivity contribution in [1.29, 1.82) is 0 Å². The van der Waals surface area contributed by atoms with Crippen LogP contribution in [-0.2, 0) is 5.67 Å². The molecule has 17 heavy (non-hydrogen) atoms. The highest BCUT2D eigenvalue weighted by Gasteiger charge is 2.36. The Morgan fingerprint density at radius 3 is 2.53 bits per heavy atom. The second-order valence-electron chi connectivity index (χ2n) is 4.98. The third kappa shape index (κ3) is 2.44. The lowest BCUT2D eigenvalue weighted by atomic mass is 9.78. The highest BCUT2D eigenvalue weighted by atomic mass is 19.1. The van der Waals surface area contributed by atoms with Gasteiger partial charge in [-0.25, -0.2) is 4.39 Å². The van der Waals surface area contributed by atoms with Crippen LogP contribution in [0.2, 0.25) is 0 Å². The van der Waals surface area contributed by atoms with E-state index in [1.807, 2.05) is 25.1 Å². The molecule has 3 heteroatoms. The first kappa shape index (κ1) is 12.4. The SMILES string of the molecule is COc1ccc(C2(F)CCC(N)CC2)c(C)c1. The maximum Gasteiger partial charge on any atom is 0.136 e. The summed E-state index contributed by atoms with van der Waals surface area (Å²) in [7, 11) is 1.62. The summed E-state index contributed by atoms with van der Waals surface area (Å²) >= 11 is 0. The minimum atomic E-state index is -1.20. The average molecular weight is 237 g/mol. The predicted octanol–water partition coefficient (Wildman–Crippen LogP) is 3.07. The van der Waals surface area contributed by atoms with Crippen LogP contribution in [0.3, 0.4) is 0 Å². The van der Waals surface area contributed by atoms with Gasteiger partial charge in [0, 0.05) is 6.04 Å². The van der Waals surface area contributed by atoms with Crippen molar-refractivity contribution in [2.45, 2.75) is 44.3 Å². The number of benzene rings is 1. The van der Waals surface area contributed by atoms with Crippen LogP contribution in [0.1, 0.15) is 36.8 Å². The largest absolute Gasteiger partial charge is 0.497 e. The quantitative estimate of drug-likeness (QED) is 0.858. The maximum absolute atomic E-state index is 14.9. The van der Waals surface area contributed by atoms with E-state index in [0.717, 1.165) is 29.7 Å². The van der Waals surface area contributed by atoms with E-state index in [-0.39, 0.29) is 6.04 Å². The minimum Gasteiger partial charge on any atom is -0.497 e. The molecule has 0 aliphatic heterocycles. The number of halogens is 1. The molecule has 2 rings (SSSR count). The molecule has 2 N–H and O–H groups in total. The maximum atomic E-state index is 14.9. The van der Waals surface area contributed by atoms with Crippen LogP contribution >= 0.6 is 0 Å². The zero-order valence-corrected chi connectivity index (χ0v) is 10.5. The van der Waals surface area contributed by atoms with Crippen molar-refractivity contribution in [3.05, 3.63) is 29.3 Å². The zero-order chi connectivity index (χ0) is 12.5. The molecule has 1 aliphatic rings. The van der Waals surface area contributed by atoms with Crippen LogP contribution < -0.4 is 10.5 Å². The minimum absolute atomic E-state index is 0.164. The molecule has 1 aromatic rings. The fourth-order valence-electron chi connectivity index (χ4n) is 2.63. The van der Waals surface area contributed by atoms with Crippen molar-refractivity contribution >= 4 is 0 Å². The van der Waals surface area contributed by atoms with E-state index in [4.69, 9.17) is 10.5 Å². The fraction of sp³-hybridized carbons (Fsp3) is 0.571. The van der Waals surface area contributed by atoms with Gasteiger partial charge in [0.05, 0.1) is 7.11 Å². The number of nitrogens with two attached hydrogens (primary N) is 1. The van der Waals surface area contributed by atoms with Crippen molar-refractivity contribution in [1.82, 2.24) is 0 Å². The Kier molecular flexibility index (Phi) is 3.38. The van der Waals surface area contributed by atoms with E-state index in [9.17, 15) is 4.39 Å². The Morgan fingerprint density at radius 1 is 1.35 bits per heavy atom. The van der Waals surface area contributed by atoms with Gasteiger partial charge < -0.3 is 10.5 Å². The van der Waals surface area contributed by atoms with E-state index in [1.54, 1.807) is 7.11 Å². The summed E-state index contributed by atoms with van der Waals surface area (Å²) in [6.45, 7) is 1.94. The molecule has 1 aliphatic carbocycles. The Bertz CT molecular complexity index is 397. The van der Waals surface area contributed by atoms with E-state index in [1.165, 1.54) is 0 Å². The molecule has 0 atom stereocenters. The van der Waals surface area contributed by atoms with Crippen LogP contribution in [0.5, 0.6) is 5.75 Å². The smallest absolute Gasteiger partial charge is 0.136 e. The molecule has 0 aromatic heterocycles. The first-order valence-electron chi connectivity index (χ1n) is 6.15. The van der Waals surface area contributed by atoms with Gasteiger partial charge in [-0.05, 0) is 55.9 Å². The molecular weight excluding hydrogens is 217 g/mol. The number of methoxy groups -OCH3 is 1. The number of alkyl halides is 1. The van der Waals surface area contributed by atoms with Gasteiger partial charge in [-0.2, -0.15) is 0 Å². The number of aryl methyl sites for hydroxylation is 1. The summed E-state index contributed by atoms with van der Waals surface area (Å²) in [5.74, 6) is 0.780. The average Bonchev–Trinajstić information content (AvgIpc) is 2.33. The van der Waals surface area contributed by atoms with Gasteiger partial charge in [0.1, 0.15) is 11.4 Å². The molecule has 0 saturated heterocycles. The molecule has 94 valence electrons. The first-order chi connectivity index (χ1) is 8.05. The van der Waals surface area contributed by atoms with Gasteiger partial charge in [-0.15, -0.1) is 0 Å². The Hall–Kier alpha value is -1.09. The second-order valence-corrected chi connectivity index (χ2v) is 4.98. The Morgan fingerprint density at radius 2 is 2.00 bits per heavy atom. The molecule has 0 amide bonds. The lowest BCUT2D eigenvalue weighted by Gasteiger charge is -2.34. The molecule has 0 heterocycles. The second kappa shape index (κ2) is 4.65. The lowest BCUT2D eigenvalue weighted by molar-refractivity contribution is 0.0971. The van der Waals surface area contributed by atoms with E-state index < -0.39 is 5.67 Å². The molecular formula is C14H20FNO. The van der Waals surface area contributed by atoms with Crippen molar-refractivity contribution in [3.8, 4) is 5.75 Å². The molecule has 1 fully saturated rings. The molecule has 1 aromatic carbocycles. The van der Waals surface area contributed by atoms with E-state index in [2.05, 4.69) is 0 Å². The van der Waals surface area contributed by atoms with Crippen LogP contribution in [0.15, 0.2) is 18.2 Å². The zero-order valence-electron chi connectivity index (χ0n) is 10.5. The van der Waals surface area contributed by atoms with Crippen LogP contribution in [0.25, 0.3) is 0 Å². The van der Waals surface area contributed by atoms with Crippen LogP contribution in [0.4, 0.5) is 4.39 Å². The third-order valence-corrected chi connectivity index (χ3v) is 3.74. The first-order valence-corrected chi connectivity index (χ1v) is 6.15. The summed E-state index contributed by atoms with van der Waals surface area (Å²) in [6, 6.07) is 5.74. The van der Waals surface area contributed by atoms with Gasteiger partial charge in [0.15, 0.2) is 0 Å². The summed E-state index contributed by atoms with van der Waals surface area (Å²) in [6.07, 6.45) is 2.59. The standard InChI is InChI=1S/C14H20FNO/c1-10-9-12(17-2)3-4-13(10)14(15)7-5-11(16)6-8-14/h3-4,9,11H,5-8,16H2,1-2H3. The summed E-state index contributed by atoms with van der Waals surface area (Å²) in [4.78, 5) is 0. The van der Waals surface area contributed by atoms with Gasteiger partial charge >= 0.3 is 0 Å². The predicted molar refractivity (Wildman–Crippen MR) is 67.0 cm³/mol. The summed E-state index contributed by atoms with van der Waals surface area (Å²) in [5.41, 5.74) is 6.39. The van der Waals surface area contributed by atoms with Crippen molar-refractivity contribution in [2.24, 2.45) is 5.73 Å². The van der Waals surface area contributed by atoms with Crippen molar-refractivity contribution in [3.63, 3.8) is 0 Å². The number of hydrogen-bond donors (Lipinski definition) is 1. The van der Waals surface area contributed by atoms with Crippen molar-refractivity contribution < 1.29 is 9.13 Å². The van der Waals surface area contributed by atoms with Gasteiger partial charge in [0.2, 0.25) is 0 Å². The van der Waals surface area contributed by atoms with Crippen molar-refractivity contribution in [2.75, 3.05) is 7.11 Å². The topological polar surface area (TPSA) is 35.2 Å². The van der Waals surface area contributed by atoms with E-state index >= 15 is 0 Å². The molecule has 1 saturated carbocycles. The molecule has 0 spiro atoms. The number of hydrogen-bond acceptors (Lipinski definition) is 2. The normalized spacial score (nSPS) is 29.1. The molecule has 0 unspecified atom stereocenters. The highest BCUT2D eigenvalue weighted by Crippen LogP contribution is 2.42. The number of ether oxygens (including phenoxy) is 1. The highest BCUT2D eigenvalue weighted by molar-refractivity contribution is 5.38. The lowest BCUT2D eigenvalue weighted by Crippen LogP contribution is -2.34.